The summed E-state index contributed by atoms with van der Waals surface area (Å²) in [6.07, 6.45) is 3.80. The van der Waals surface area contributed by atoms with E-state index in [9.17, 15) is 4.39 Å². The van der Waals surface area contributed by atoms with Crippen molar-refractivity contribution in [2.24, 2.45) is 0 Å². The number of aromatic nitrogens is 1. The Hall–Kier alpha value is -2.45. The van der Waals surface area contributed by atoms with Gasteiger partial charge in [-0.3, -0.25) is 4.90 Å². The summed E-state index contributed by atoms with van der Waals surface area (Å²) < 4.78 is 12.8. The molecule has 0 atom stereocenters. The van der Waals surface area contributed by atoms with Crippen LogP contribution in [0.2, 0.25) is 0 Å². The zero-order valence-corrected chi connectivity index (χ0v) is 14.5. The molecule has 4 nitrogen and oxygen atoms in total. The van der Waals surface area contributed by atoms with Crippen molar-refractivity contribution in [1.82, 2.24) is 9.88 Å². The zero-order chi connectivity index (χ0) is 17.6. The van der Waals surface area contributed by atoms with Gasteiger partial charge in [0.25, 0.3) is 0 Å². The number of benzene rings is 1. The van der Waals surface area contributed by atoms with Gasteiger partial charge in [0.05, 0.1) is 11.6 Å². The third-order valence-corrected chi connectivity index (χ3v) is 4.89. The highest BCUT2D eigenvalue weighted by Gasteiger charge is 2.23. The lowest BCUT2D eigenvalue weighted by Gasteiger charge is -2.37. The van der Waals surface area contributed by atoms with Crippen molar-refractivity contribution < 1.29 is 4.39 Å². The Morgan fingerprint density at radius 3 is 2.72 bits per heavy atom. The van der Waals surface area contributed by atoms with E-state index in [-0.39, 0.29) is 0 Å². The van der Waals surface area contributed by atoms with Crippen molar-refractivity contribution in [2.75, 3.05) is 25.0 Å². The van der Waals surface area contributed by atoms with E-state index in [0.29, 0.717) is 11.6 Å². The quantitative estimate of drug-likeness (QED) is 0.836. The van der Waals surface area contributed by atoms with Crippen LogP contribution in [0.5, 0.6) is 0 Å². The van der Waals surface area contributed by atoms with Gasteiger partial charge in [-0.2, -0.15) is 5.26 Å². The molecule has 130 valence electrons. The molecule has 1 aromatic carbocycles. The maximum absolute atomic E-state index is 12.8. The molecule has 2 aromatic rings. The molecule has 0 spiro atoms. The first kappa shape index (κ1) is 17.4. The lowest BCUT2D eigenvalue weighted by molar-refractivity contribution is 0.203. The number of likely N-dealkylation sites (tertiary alicyclic amines) is 1. The summed E-state index contributed by atoms with van der Waals surface area (Å²) in [4.78, 5) is 8.99. The van der Waals surface area contributed by atoms with Crippen molar-refractivity contribution in [3.63, 3.8) is 0 Å². The molecule has 1 fully saturated rings. The SMILES string of the molecule is CN(c1cc(C#N)ccn1)C1CCN(Cc2cccc(CF)c2)CC1. The number of rotatable bonds is 5. The van der Waals surface area contributed by atoms with Crippen LogP contribution in [0.15, 0.2) is 42.6 Å². The fourth-order valence-electron chi connectivity index (χ4n) is 3.40. The van der Waals surface area contributed by atoms with Gasteiger partial charge in [0, 0.05) is 38.9 Å². The van der Waals surface area contributed by atoms with Crippen LogP contribution in [0.1, 0.15) is 29.5 Å². The minimum Gasteiger partial charge on any atom is -0.357 e. The van der Waals surface area contributed by atoms with Crippen LogP contribution in [0.3, 0.4) is 0 Å². The minimum atomic E-state index is -0.407. The standard InChI is InChI=1S/C20H23FN4/c1-24(20-12-17(14-22)5-8-23-20)19-6-9-25(10-7-19)15-18-4-2-3-16(11-18)13-21/h2-5,8,11-12,19H,6-7,9-10,13,15H2,1H3. The maximum Gasteiger partial charge on any atom is 0.129 e. The highest BCUT2D eigenvalue weighted by atomic mass is 19.1. The van der Waals surface area contributed by atoms with Crippen molar-refractivity contribution in [3.8, 4) is 6.07 Å². The molecule has 1 aliphatic rings. The largest absolute Gasteiger partial charge is 0.357 e. The maximum atomic E-state index is 12.8. The van der Waals surface area contributed by atoms with Crippen LogP contribution in [0.4, 0.5) is 10.2 Å². The number of nitriles is 1. The summed E-state index contributed by atoms with van der Waals surface area (Å²) in [5.74, 6) is 0.855. The molecular formula is C20H23FN4. The number of hydrogen-bond acceptors (Lipinski definition) is 4. The molecular weight excluding hydrogens is 315 g/mol. The highest BCUT2D eigenvalue weighted by molar-refractivity contribution is 5.45. The second kappa shape index (κ2) is 8.09. The molecule has 0 bridgehead atoms. The van der Waals surface area contributed by atoms with Gasteiger partial charge in [0.2, 0.25) is 0 Å². The average Bonchev–Trinajstić information content (AvgIpc) is 2.68. The van der Waals surface area contributed by atoms with Gasteiger partial charge in [-0.05, 0) is 36.1 Å². The smallest absolute Gasteiger partial charge is 0.129 e. The third-order valence-electron chi connectivity index (χ3n) is 4.89. The van der Waals surface area contributed by atoms with Crippen LogP contribution in [0.25, 0.3) is 0 Å². The van der Waals surface area contributed by atoms with E-state index in [0.717, 1.165) is 43.9 Å². The Morgan fingerprint density at radius 1 is 1.24 bits per heavy atom. The van der Waals surface area contributed by atoms with E-state index in [1.807, 2.05) is 24.3 Å². The Balaban J connectivity index is 1.56. The van der Waals surface area contributed by atoms with Crippen molar-refractivity contribution in [2.45, 2.75) is 32.1 Å². The number of halogens is 1. The Kier molecular flexibility index (Phi) is 5.62. The molecule has 0 amide bonds. The van der Waals surface area contributed by atoms with Crippen LogP contribution < -0.4 is 4.90 Å². The molecule has 0 radical (unpaired) electrons. The second-order valence-corrected chi connectivity index (χ2v) is 6.59. The van der Waals surface area contributed by atoms with Crippen molar-refractivity contribution >= 4 is 5.82 Å². The van der Waals surface area contributed by atoms with E-state index < -0.39 is 6.67 Å². The zero-order valence-electron chi connectivity index (χ0n) is 14.5. The summed E-state index contributed by atoms with van der Waals surface area (Å²) in [6.45, 7) is 2.47. The van der Waals surface area contributed by atoms with Gasteiger partial charge < -0.3 is 4.90 Å². The molecule has 25 heavy (non-hydrogen) atoms. The van der Waals surface area contributed by atoms with E-state index in [2.05, 4.69) is 34.0 Å². The highest BCUT2D eigenvalue weighted by Crippen LogP contribution is 2.22. The molecule has 3 rings (SSSR count). The Bertz CT molecular complexity index is 747. The molecule has 1 aliphatic heterocycles. The number of anilines is 1. The fourth-order valence-corrected chi connectivity index (χ4v) is 3.40. The summed E-state index contributed by atoms with van der Waals surface area (Å²) >= 11 is 0. The number of alkyl halides is 1. The average molecular weight is 338 g/mol. The molecule has 0 aliphatic carbocycles. The van der Waals surface area contributed by atoms with Crippen molar-refractivity contribution in [1.29, 1.82) is 5.26 Å². The third kappa shape index (κ3) is 4.34. The monoisotopic (exact) mass is 338 g/mol. The second-order valence-electron chi connectivity index (χ2n) is 6.59. The van der Waals surface area contributed by atoms with Crippen LogP contribution in [0, 0.1) is 11.3 Å². The van der Waals surface area contributed by atoms with E-state index in [4.69, 9.17) is 5.26 Å². The van der Waals surface area contributed by atoms with Gasteiger partial charge in [-0.15, -0.1) is 0 Å². The molecule has 5 heteroatoms. The minimum absolute atomic E-state index is 0.407. The topological polar surface area (TPSA) is 43.2 Å². The molecule has 1 saturated heterocycles. The Labute approximate surface area is 148 Å². The number of pyridine rings is 1. The first-order valence-corrected chi connectivity index (χ1v) is 8.64. The molecule has 0 unspecified atom stereocenters. The summed E-state index contributed by atoms with van der Waals surface area (Å²) in [6, 6.07) is 13.9. The fraction of sp³-hybridized carbons (Fsp3) is 0.400. The van der Waals surface area contributed by atoms with Crippen LogP contribution in [-0.2, 0) is 13.2 Å². The van der Waals surface area contributed by atoms with Gasteiger partial charge in [-0.1, -0.05) is 24.3 Å². The summed E-state index contributed by atoms with van der Waals surface area (Å²) in [5.41, 5.74) is 2.56. The molecule has 0 N–H and O–H groups in total. The van der Waals surface area contributed by atoms with Gasteiger partial charge >= 0.3 is 0 Å². The molecule has 1 aromatic heterocycles. The van der Waals surface area contributed by atoms with Gasteiger partial charge in [0.1, 0.15) is 12.5 Å². The van der Waals surface area contributed by atoms with Gasteiger partial charge in [0.15, 0.2) is 0 Å². The first-order chi connectivity index (χ1) is 12.2. The van der Waals surface area contributed by atoms with E-state index in [1.54, 1.807) is 12.3 Å². The van der Waals surface area contributed by atoms with E-state index in [1.165, 1.54) is 5.56 Å². The number of hydrogen-bond donors (Lipinski definition) is 0. The van der Waals surface area contributed by atoms with E-state index >= 15 is 0 Å². The normalized spacial score (nSPS) is 15.7. The number of piperidine rings is 1. The predicted molar refractivity (Wildman–Crippen MR) is 96.9 cm³/mol. The van der Waals surface area contributed by atoms with Crippen molar-refractivity contribution in [3.05, 3.63) is 59.3 Å². The van der Waals surface area contributed by atoms with Crippen LogP contribution in [-0.4, -0.2) is 36.1 Å². The molecule has 2 heterocycles. The predicted octanol–water partition coefficient (Wildman–Crippen LogP) is 3.52. The Morgan fingerprint density at radius 2 is 2.00 bits per heavy atom. The molecule has 0 saturated carbocycles. The summed E-state index contributed by atoms with van der Waals surface area (Å²) in [7, 11) is 2.05. The first-order valence-electron chi connectivity index (χ1n) is 8.64. The number of nitrogens with zero attached hydrogens (tertiary/aromatic N) is 4. The summed E-state index contributed by atoms with van der Waals surface area (Å²) in [5, 5.41) is 9.04. The van der Waals surface area contributed by atoms with Gasteiger partial charge in [-0.25, -0.2) is 9.37 Å². The van der Waals surface area contributed by atoms with Crippen LogP contribution >= 0.6 is 0 Å². The lowest BCUT2D eigenvalue weighted by Crippen LogP contribution is -2.43. The lowest BCUT2D eigenvalue weighted by atomic mass is 10.0.